The standard InChI is InChI=1S/C50H28N4O/c1-2-14-30(15-3-1)45-49-46(36-20-8-11-24-43(36)55-49)52-50(51-45)54-42-26-25-31(33-21-12-16-29-13-4-5-17-32(29)33)27-37(42)39-28-38-34-18-6-9-22-40(34)53-41-23-10-7-19-35(41)44(47(38)53)48(39)54/h1-28H. The van der Waals surface area contributed by atoms with Crippen LogP contribution in [-0.2, 0) is 0 Å². The molecule has 55 heavy (non-hydrogen) atoms. The lowest BCUT2D eigenvalue weighted by Crippen LogP contribution is -2.03. The first kappa shape index (κ1) is 29.0. The lowest BCUT2D eigenvalue weighted by Gasteiger charge is -2.11. The summed E-state index contributed by atoms with van der Waals surface area (Å²) < 4.78 is 11.3. The van der Waals surface area contributed by atoms with E-state index >= 15 is 0 Å². The van der Waals surface area contributed by atoms with Crippen molar-refractivity contribution in [3.05, 3.63) is 170 Å². The number of fused-ring (bicyclic) bond motifs is 14. The Morgan fingerprint density at radius 1 is 0.436 bits per heavy atom. The van der Waals surface area contributed by atoms with E-state index in [4.69, 9.17) is 14.4 Å². The van der Waals surface area contributed by atoms with Gasteiger partial charge in [0, 0.05) is 43.3 Å². The number of nitrogens with zero attached hydrogens (tertiary/aromatic N) is 4. The van der Waals surface area contributed by atoms with Crippen LogP contribution in [0.5, 0.6) is 0 Å². The minimum atomic E-state index is 0.610. The second-order valence-electron chi connectivity index (χ2n) is 14.5. The Labute approximate surface area is 313 Å². The maximum Gasteiger partial charge on any atom is 0.236 e. The van der Waals surface area contributed by atoms with Crippen molar-refractivity contribution in [2.75, 3.05) is 0 Å². The van der Waals surface area contributed by atoms with Gasteiger partial charge in [0.25, 0.3) is 0 Å². The summed E-state index contributed by atoms with van der Waals surface area (Å²) in [6.45, 7) is 0. The number of rotatable bonds is 3. The van der Waals surface area contributed by atoms with Gasteiger partial charge in [0.15, 0.2) is 5.58 Å². The lowest BCUT2D eigenvalue weighted by molar-refractivity contribution is 0.666. The van der Waals surface area contributed by atoms with E-state index in [0.29, 0.717) is 11.5 Å². The minimum Gasteiger partial charge on any atom is -0.452 e. The van der Waals surface area contributed by atoms with Crippen molar-refractivity contribution in [3.63, 3.8) is 0 Å². The predicted molar refractivity (Wildman–Crippen MR) is 227 cm³/mol. The van der Waals surface area contributed by atoms with Crippen LogP contribution in [0.15, 0.2) is 174 Å². The Hall–Kier alpha value is -7.50. The molecule has 254 valence electrons. The molecular weight excluding hydrogens is 673 g/mol. The fourth-order valence-corrected chi connectivity index (χ4v) is 9.33. The second-order valence-corrected chi connectivity index (χ2v) is 14.5. The van der Waals surface area contributed by atoms with Gasteiger partial charge < -0.3 is 8.82 Å². The summed E-state index contributed by atoms with van der Waals surface area (Å²) in [7, 11) is 0. The molecule has 0 fully saturated rings. The highest BCUT2D eigenvalue weighted by Crippen LogP contribution is 2.47. The highest BCUT2D eigenvalue weighted by atomic mass is 16.3. The molecule has 0 N–H and O–H groups in total. The van der Waals surface area contributed by atoms with Crippen LogP contribution in [0.25, 0.3) is 121 Å². The first-order valence-electron chi connectivity index (χ1n) is 18.7. The zero-order chi connectivity index (χ0) is 35.8. The van der Waals surface area contributed by atoms with Gasteiger partial charge in [0.1, 0.15) is 16.8 Å². The average molecular weight is 701 g/mol. The monoisotopic (exact) mass is 700 g/mol. The van der Waals surface area contributed by atoms with Gasteiger partial charge in [0.2, 0.25) is 5.95 Å². The van der Waals surface area contributed by atoms with Crippen LogP contribution in [0.1, 0.15) is 0 Å². The van der Waals surface area contributed by atoms with Crippen molar-refractivity contribution >= 4 is 92.7 Å². The maximum absolute atomic E-state index is 6.54. The first-order valence-corrected chi connectivity index (χ1v) is 18.7. The number of benzene rings is 8. The van der Waals surface area contributed by atoms with Crippen LogP contribution in [0, 0.1) is 0 Å². The van der Waals surface area contributed by atoms with Gasteiger partial charge in [-0.1, -0.05) is 127 Å². The van der Waals surface area contributed by atoms with Crippen molar-refractivity contribution in [3.8, 4) is 28.3 Å². The molecule has 13 rings (SSSR count). The maximum atomic E-state index is 6.54. The molecule has 0 amide bonds. The van der Waals surface area contributed by atoms with Gasteiger partial charge in [-0.15, -0.1) is 0 Å². The van der Waals surface area contributed by atoms with E-state index < -0.39 is 0 Å². The van der Waals surface area contributed by atoms with E-state index in [-0.39, 0.29) is 0 Å². The van der Waals surface area contributed by atoms with Crippen LogP contribution in [0.2, 0.25) is 0 Å². The zero-order valence-electron chi connectivity index (χ0n) is 29.4. The second kappa shape index (κ2) is 10.6. The minimum absolute atomic E-state index is 0.610. The SMILES string of the molecule is c1ccc(-c2nc(-n3c4ccc(-c5cccc6ccccc56)cc4c4cc5c6ccccc6n6c7ccccc7c(c43)c56)nc3c2oc2ccccc23)cc1. The molecule has 0 unspecified atom stereocenters. The summed E-state index contributed by atoms with van der Waals surface area (Å²) in [5, 5.41) is 10.6. The van der Waals surface area contributed by atoms with E-state index in [1.807, 2.05) is 36.4 Å². The van der Waals surface area contributed by atoms with Crippen LogP contribution in [0.4, 0.5) is 0 Å². The van der Waals surface area contributed by atoms with Crippen LogP contribution >= 0.6 is 0 Å². The Balaban J connectivity index is 1.25. The lowest BCUT2D eigenvalue weighted by atomic mass is 9.96. The van der Waals surface area contributed by atoms with E-state index in [1.54, 1.807) is 0 Å². The van der Waals surface area contributed by atoms with Gasteiger partial charge in [0.05, 0.1) is 27.6 Å². The highest BCUT2D eigenvalue weighted by molar-refractivity contribution is 6.34. The average Bonchev–Trinajstić information content (AvgIpc) is 3.98. The molecule has 5 heteroatoms. The van der Waals surface area contributed by atoms with Crippen LogP contribution in [0.3, 0.4) is 0 Å². The van der Waals surface area contributed by atoms with Gasteiger partial charge in [-0.25, -0.2) is 9.97 Å². The molecule has 0 bridgehead atoms. The Morgan fingerprint density at radius 2 is 1.13 bits per heavy atom. The molecule has 0 aliphatic carbocycles. The number of hydrogen-bond donors (Lipinski definition) is 0. The number of hydrogen-bond acceptors (Lipinski definition) is 3. The quantitative estimate of drug-likeness (QED) is 0.184. The fraction of sp³-hybridized carbons (Fsp3) is 0. The first-order chi connectivity index (χ1) is 27.3. The Bertz CT molecular complexity index is 3710. The molecular formula is C50H28N4O. The van der Waals surface area contributed by atoms with Crippen molar-refractivity contribution in [2.24, 2.45) is 0 Å². The van der Waals surface area contributed by atoms with E-state index in [1.165, 1.54) is 65.4 Å². The Kier molecular flexibility index (Phi) is 5.57. The largest absolute Gasteiger partial charge is 0.452 e. The highest BCUT2D eigenvalue weighted by Gasteiger charge is 2.27. The smallest absolute Gasteiger partial charge is 0.236 e. The molecule has 0 spiro atoms. The summed E-state index contributed by atoms with van der Waals surface area (Å²) in [6.07, 6.45) is 0. The summed E-state index contributed by atoms with van der Waals surface area (Å²) in [4.78, 5) is 10.9. The molecule has 0 aliphatic heterocycles. The molecule has 13 aromatic rings. The zero-order valence-corrected chi connectivity index (χ0v) is 29.4. The molecule has 0 radical (unpaired) electrons. The molecule has 0 aliphatic rings. The molecule has 5 nitrogen and oxygen atoms in total. The van der Waals surface area contributed by atoms with E-state index in [9.17, 15) is 0 Å². The van der Waals surface area contributed by atoms with Crippen molar-refractivity contribution in [1.29, 1.82) is 0 Å². The predicted octanol–water partition coefficient (Wildman–Crippen LogP) is 13.1. The molecule has 8 aromatic carbocycles. The normalized spacial score (nSPS) is 12.4. The van der Waals surface area contributed by atoms with E-state index in [2.05, 4.69) is 142 Å². The number of aromatic nitrogens is 4. The summed E-state index contributed by atoms with van der Waals surface area (Å²) in [5.74, 6) is 0.610. The molecule has 0 saturated carbocycles. The molecule has 5 aromatic heterocycles. The number of para-hydroxylation sites is 3. The summed E-state index contributed by atoms with van der Waals surface area (Å²) in [5.41, 5.74) is 12.2. The molecule has 0 atom stereocenters. The molecule has 0 saturated heterocycles. The van der Waals surface area contributed by atoms with Gasteiger partial charge in [-0.3, -0.25) is 4.57 Å². The van der Waals surface area contributed by atoms with Crippen LogP contribution < -0.4 is 0 Å². The summed E-state index contributed by atoms with van der Waals surface area (Å²) >= 11 is 0. The Morgan fingerprint density at radius 3 is 2.00 bits per heavy atom. The van der Waals surface area contributed by atoms with E-state index in [0.717, 1.165) is 44.2 Å². The van der Waals surface area contributed by atoms with Gasteiger partial charge >= 0.3 is 0 Å². The molecule has 5 heterocycles. The fourth-order valence-electron chi connectivity index (χ4n) is 9.33. The van der Waals surface area contributed by atoms with Crippen molar-refractivity contribution < 1.29 is 4.42 Å². The van der Waals surface area contributed by atoms with Crippen LogP contribution in [-0.4, -0.2) is 18.9 Å². The van der Waals surface area contributed by atoms with Crippen molar-refractivity contribution in [2.45, 2.75) is 0 Å². The van der Waals surface area contributed by atoms with Gasteiger partial charge in [-0.05, 0) is 64.4 Å². The summed E-state index contributed by atoms with van der Waals surface area (Å²) in [6, 6.07) is 60.6. The number of furan rings is 1. The van der Waals surface area contributed by atoms with Crippen molar-refractivity contribution in [1.82, 2.24) is 18.9 Å². The third-order valence-corrected chi connectivity index (χ3v) is 11.7. The third-order valence-electron chi connectivity index (χ3n) is 11.7. The third kappa shape index (κ3) is 3.81. The van der Waals surface area contributed by atoms with Gasteiger partial charge in [-0.2, -0.15) is 0 Å². The topological polar surface area (TPSA) is 48.3 Å².